The summed E-state index contributed by atoms with van der Waals surface area (Å²) in [5.41, 5.74) is 3.09. The molecule has 4 nitrogen and oxygen atoms in total. The first-order chi connectivity index (χ1) is 11.3. The van der Waals surface area contributed by atoms with Crippen LogP contribution in [-0.4, -0.2) is 25.5 Å². The molecule has 2 aromatic rings. The van der Waals surface area contributed by atoms with Crippen LogP contribution in [0, 0.1) is 0 Å². The quantitative estimate of drug-likeness (QED) is 0.679. The van der Waals surface area contributed by atoms with Crippen molar-refractivity contribution in [2.45, 2.75) is 12.8 Å². The van der Waals surface area contributed by atoms with Crippen LogP contribution >= 0.6 is 11.3 Å². The van der Waals surface area contributed by atoms with E-state index in [9.17, 15) is 4.79 Å². The van der Waals surface area contributed by atoms with Gasteiger partial charge < -0.3 is 14.8 Å². The Hall–Kier alpha value is -2.27. The van der Waals surface area contributed by atoms with Crippen LogP contribution in [0.1, 0.15) is 27.2 Å². The van der Waals surface area contributed by atoms with Gasteiger partial charge in [0, 0.05) is 30.3 Å². The molecule has 0 aliphatic carbocycles. The fourth-order valence-electron chi connectivity index (χ4n) is 2.89. The molecule has 0 saturated heterocycles. The number of carbonyl (C=O) groups excluding carboxylic acids is 1. The summed E-state index contributed by atoms with van der Waals surface area (Å²) in [6, 6.07) is 7.79. The number of thiophene rings is 1. The molecule has 5 heteroatoms. The largest absolute Gasteiger partial charge is 0.490 e. The van der Waals surface area contributed by atoms with Crippen LogP contribution in [0.5, 0.6) is 11.5 Å². The molecule has 1 aromatic heterocycles. The Bertz CT molecular complexity index is 765. The van der Waals surface area contributed by atoms with Crippen molar-refractivity contribution in [3.05, 3.63) is 51.7 Å². The van der Waals surface area contributed by atoms with E-state index in [0.29, 0.717) is 13.2 Å². The van der Waals surface area contributed by atoms with E-state index in [1.165, 1.54) is 16.9 Å². The van der Waals surface area contributed by atoms with Crippen molar-refractivity contribution in [2.75, 3.05) is 19.8 Å². The van der Waals surface area contributed by atoms with Crippen molar-refractivity contribution >= 4 is 22.8 Å². The zero-order chi connectivity index (χ0) is 15.6. The lowest BCUT2D eigenvalue weighted by molar-refractivity contribution is 0.105. The molecule has 0 unspecified atom stereocenters. The minimum Gasteiger partial charge on any atom is -0.490 e. The van der Waals surface area contributed by atoms with Crippen molar-refractivity contribution in [2.24, 2.45) is 0 Å². The van der Waals surface area contributed by atoms with Crippen LogP contribution in [0.15, 0.2) is 35.7 Å². The number of hydrogen-bond donors (Lipinski definition) is 1. The number of carbonyl (C=O) groups is 1. The lowest BCUT2D eigenvalue weighted by Crippen LogP contribution is -2.23. The zero-order valence-corrected chi connectivity index (χ0v) is 13.4. The van der Waals surface area contributed by atoms with Crippen molar-refractivity contribution in [1.82, 2.24) is 5.32 Å². The van der Waals surface area contributed by atoms with E-state index in [1.807, 2.05) is 23.6 Å². The van der Waals surface area contributed by atoms with Gasteiger partial charge in [-0.3, -0.25) is 4.79 Å². The first-order valence-electron chi connectivity index (χ1n) is 7.77. The summed E-state index contributed by atoms with van der Waals surface area (Å²) in [4.78, 5) is 13.1. The van der Waals surface area contributed by atoms with E-state index < -0.39 is 0 Å². The summed E-state index contributed by atoms with van der Waals surface area (Å²) in [6.45, 7) is 2.16. The van der Waals surface area contributed by atoms with E-state index in [1.54, 1.807) is 6.08 Å². The molecular formula is C18H17NO3S. The number of hydrogen-bond acceptors (Lipinski definition) is 5. The Morgan fingerprint density at radius 1 is 1.22 bits per heavy atom. The van der Waals surface area contributed by atoms with Crippen LogP contribution in [-0.2, 0) is 6.42 Å². The minimum absolute atomic E-state index is 0.0301. The summed E-state index contributed by atoms with van der Waals surface area (Å²) >= 11 is 1.46. The third-order valence-electron chi connectivity index (χ3n) is 4.01. The molecule has 2 aliphatic rings. The molecule has 1 N–H and O–H groups in total. The maximum atomic E-state index is 12.4. The normalized spacial score (nSPS) is 18.0. The third kappa shape index (κ3) is 2.84. The fraction of sp³-hybridized carbons (Fsp3) is 0.278. The molecule has 3 heterocycles. The fourth-order valence-corrected chi connectivity index (χ4v) is 3.52. The summed E-state index contributed by atoms with van der Waals surface area (Å²) in [5, 5.41) is 5.25. The van der Waals surface area contributed by atoms with Gasteiger partial charge >= 0.3 is 0 Å². The van der Waals surface area contributed by atoms with Gasteiger partial charge in [-0.05, 0) is 35.6 Å². The summed E-state index contributed by atoms with van der Waals surface area (Å²) < 4.78 is 11.5. The number of fused-ring (bicyclic) bond motifs is 2. The molecule has 2 aliphatic heterocycles. The Morgan fingerprint density at radius 3 is 2.83 bits per heavy atom. The molecule has 0 spiro atoms. The molecule has 0 atom stereocenters. The molecule has 0 saturated carbocycles. The van der Waals surface area contributed by atoms with Crippen molar-refractivity contribution < 1.29 is 14.3 Å². The second-order valence-corrected chi connectivity index (χ2v) is 6.53. The minimum atomic E-state index is 0.0301. The Labute approximate surface area is 138 Å². The highest BCUT2D eigenvalue weighted by atomic mass is 32.1. The Kier molecular flexibility index (Phi) is 3.79. The summed E-state index contributed by atoms with van der Waals surface area (Å²) in [7, 11) is 0. The molecule has 4 rings (SSSR count). The highest BCUT2D eigenvalue weighted by molar-refractivity contribution is 7.12. The highest BCUT2D eigenvalue weighted by Crippen LogP contribution is 2.36. The van der Waals surface area contributed by atoms with Gasteiger partial charge in [0.05, 0.1) is 18.1 Å². The van der Waals surface area contributed by atoms with Gasteiger partial charge in [-0.2, -0.15) is 0 Å². The highest BCUT2D eigenvalue weighted by Gasteiger charge is 2.20. The average Bonchev–Trinajstić information content (AvgIpc) is 3.00. The number of ketones is 1. The average molecular weight is 327 g/mol. The van der Waals surface area contributed by atoms with Gasteiger partial charge in [-0.15, -0.1) is 11.3 Å². The van der Waals surface area contributed by atoms with Gasteiger partial charge in [0.25, 0.3) is 0 Å². The van der Waals surface area contributed by atoms with E-state index in [4.69, 9.17) is 9.47 Å². The molecule has 1 aromatic carbocycles. The SMILES string of the molecule is O=C(/C=C1\NCCc2cc3c(cc21)OCCCO3)c1cccs1. The summed E-state index contributed by atoms with van der Waals surface area (Å²) in [5.74, 6) is 1.61. The first-order valence-corrected chi connectivity index (χ1v) is 8.65. The predicted octanol–water partition coefficient (Wildman–Crippen LogP) is 3.28. The lowest BCUT2D eigenvalue weighted by atomic mass is 9.96. The molecule has 118 valence electrons. The van der Waals surface area contributed by atoms with Gasteiger partial charge in [0.1, 0.15) is 0 Å². The maximum Gasteiger partial charge on any atom is 0.197 e. The van der Waals surface area contributed by atoms with E-state index in [2.05, 4.69) is 11.4 Å². The van der Waals surface area contributed by atoms with Crippen molar-refractivity contribution in [3.8, 4) is 11.5 Å². The number of nitrogens with one attached hydrogen (secondary N) is 1. The number of ether oxygens (including phenoxy) is 2. The van der Waals surface area contributed by atoms with E-state index in [-0.39, 0.29) is 5.78 Å². The second kappa shape index (κ2) is 6.08. The second-order valence-electron chi connectivity index (χ2n) is 5.58. The first kappa shape index (κ1) is 14.3. The predicted molar refractivity (Wildman–Crippen MR) is 90.4 cm³/mol. The Balaban J connectivity index is 1.73. The monoisotopic (exact) mass is 327 g/mol. The Morgan fingerprint density at radius 2 is 2.04 bits per heavy atom. The molecule has 23 heavy (non-hydrogen) atoms. The standard InChI is InChI=1S/C18H17NO3S/c20-15(18-3-1-8-23-18)11-14-13-10-17-16(21-6-2-7-22-17)9-12(13)4-5-19-14/h1,3,8-11,19H,2,4-7H2/b14-11-. The van der Waals surface area contributed by atoms with Crippen molar-refractivity contribution in [1.29, 1.82) is 0 Å². The van der Waals surface area contributed by atoms with Crippen LogP contribution in [0.25, 0.3) is 5.70 Å². The van der Waals surface area contributed by atoms with Gasteiger partial charge in [-0.1, -0.05) is 6.07 Å². The maximum absolute atomic E-state index is 12.4. The number of rotatable bonds is 2. The van der Waals surface area contributed by atoms with Crippen LogP contribution in [0.3, 0.4) is 0 Å². The van der Waals surface area contributed by atoms with Crippen LogP contribution < -0.4 is 14.8 Å². The van der Waals surface area contributed by atoms with Crippen LogP contribution in [0.2, 0.25) is 0 Å². The van der Waals surface area contributed by atoms with Crippen LogP contribution in [0.4, 0.5) is 0 Å². The number of benzene rings is 1. The zero-order valence-electron chi connectivity index (χ0n) is 12.6. The van der Waals surface area contributed by atoms with Gasteiger partial charge in [0.15, 0.2) is 17.3 Å². The van der Waals surface area contributed by atoms with Gasteiger partial charge in [0.2, 0.25) is 0 Å². The molecular weight excluding hydrogens is 310 g/mol. The van der Waals surface area contributed by atoms with Gasteiger partial charge in [-0.25, -0.2) is 0 Å². The lowest BCUT2D eigenvalue weighted by Gasteiger charge is -2.23. The van der Waals surface area contributed by atoms with E-state index >= 15 is 0 Å². The van der Waals surface area contributed by atoms with E-state index in [0.717, 1.165) is 47.0 Å². The van der Waals surface area contributed by atoms with Crippen molar-refractivity contribution in [3.63, 3.8) is 0 Å². The molecule has 0 bridgehead atoms. The number of allylic oxidation sites excluding steroid dienone is 1. The topological polar surface area (TPSA) is 47.6 Å². The molecule has 0 fully saturated rings. The molecule has 0 amide bonds. The summed E-state index contributed by atoms with van der Waals surface area (Å²) in [6.07, 6.45) is 3.49. The smallest absolute Gasteiger partial charge is 0.197 e. The molecule has 0 radical (unpaired) electrons. The third-order valence-corrected chi connectivity index (χ3v) is 4.90.